The molecule has 0 aromatic rings. The molecule has 2 aliphatic rings. The lowest BCUT2D eigenvalue weighted by Gasteiger charge is -2.30. The van der Waals surface area contributed by atoms with Gasteiger partial charge in [-0.05, 0) is 44.2 Å². The molecule has 2 heterocycles. The highest BCUT2D eigenvalue weighted by molar-refractivity contribution is 4.74. The molecule has 18 heavy (non-hydrogen) atoms. The largest absolute Gasteiger partial charge is 0.314 e. The lowest BCUT2D eigenvalue weighted by Crippen LogP contribution is -2.46. The third-order valence-corrected chi connectivity index (χ3v) is 4.75. The molecule has 3 heteroatoms. The highest BCUT2D eigenvalue weighted by Crippen LogP contribution is 2.24. The second kappa shape index (κ2) is 7.46. The minimum Gasteiger partial charge on any atom is -0.314 e. The molecule has 0 amide bonds. The molecule has 2 rings (SSSR count). The van der Waals surface area contributed by atoms with Crippen LogP contribution in [0.25, 0.3) is 0 Å². The molecule has 106 valence electrons. The van der Waals surface area contributed by atoms with Gasteiger partial charge < -0.3 is 10.2 Å². The van der Waals surface area contributed by atoms with Gasteiger partial charge in [0.05, 0.1) is 0 Å². The summed E-state index contributed by atoms with van der Waals surface area (Å²) in [6, 6.07) is 0. The zero-order chi connectivity index (χ0) is 12.8. The molecule has 0 spiro atoms. The van der Waals surface area contributed by atoms with E-state index in [4.69, 9.17) is 0 Å². The van der Waals surface area contributed by atoms with Crippen molar-refractivity contribution in [2.45, 2.75) is 33.1 Å². The lowest BCUT2D eigenvalue weighted by atomic mass is 9.89. The van der Waals surface area contributed by atoms with Gasteiger partial charge in [0.25, 0.3) is 0 Å². The maximum absolute atomic E-state index is 3.43. The standard InChI is InChI=1S/C15H31N3/c1-14(2)15-4-3-8-17(9-5-15)12-13-18-10-6-16-7-11-18/h14-16H,3-13H2,1-2H3. The van der Waals surface area contributed by atoms with Crippen LogP contribution in [0.4, 0.5) is 0 Å². The summed E-state index contributed by atoms with van der Waals surface area (Å²) in [5.41, 5.74) is 0. The van der Waals surface area contributed by atoms with Crippen molar-refractivity contribution < 1.29 is 0 Å². The van der Waals surface area contributed by atoms with Crippen LogP contribution >= 0.6 is 0 Å². The first-order valence-corrected chi connectivity index (χ1v) is 7.91. The van der Waals surface area contributed by atoms with Crippen LogP contribution in [-0.2, 0) is 0 Å². The minimum absolute atomic E-state index is 0.873. The van der Waals surface area contributed by atoms with Crippen LogP contribution in [0.15, 0.2) is 0 Å². The van der Waals surface area contributed by atoms with E-state index >= 15 is 0 Å². The summed E-state index contributed by atoms with van der Waals surface area (Å²) < 4.78 is 0. The van der Waals surface area contributed by atoms with Gasteiger partial charge in [0, 0.05) is 39.3 Å². The van der Waals surface area contributed by atoms with Gasteiger partial charge >= 0.3 is 0 Å². The van der Waals surface area contributed by atoms with Crippen LogP contribution < -0.4 is 5.32 Å². The van der Waals surface area contributed by atoms with Crippen LogP contribution in [0.3, 0.4) is 0 Å². The summed E-state index contributed by atoms with van der Waals surface area (Å²) in [6.45, 7) is 14.8. The van der Waals surface area contributed by atoms with Crippen LogP contribution in [0, 0.1) is 11.8 Å². The molecule has 1 N–H and O–H groups in total. The molecule has 0 aromatic carbocycles. The molecular formula is C15H31N3. The van der Waals surface area contributed by atoms with Crippen molar-refractivity contribution in [2.75, 3.05) is 52.4 Å². The summed E-state index contributed by atoms with van der Waals surface area (Å²) in [5, 5.41) is 3.43. The summed E-state index contributed by atoms with van der Waals surface area (Å²) in [5.74, 6) is 1.84. The number of hydrogen-bond donors (Lipinski definition) is 1. The van der Waals surface area contributed by atoms with Crippen molar-refractivity contribution in [3.63, 3.8) is 0 Å². The maximum atomic E-state index is 3.43. The third-order valence-electron chi connectivity index (χ3n) is 4.75. The number of likely N-dealkylation sites (tertiary alicyclic amines) is 1. The van der Waals surface area contributed by atoms with Gasteiger partial charge in [-0.1, -0.05) is 13.8 Å². The van der Waals surface area contributed by atoms with E-state index in [-0.39, 0.29) is 0 Å². The van der Waals surface area contributed by atoms with E-state index in [2.05, 4.69) is 29.0 Å². The van der Waals surface area contributed by atoms with E-state index in [9.17, 15) is 0 Å². The van der Waals surface area contributed by atoms with Crippen molar-refractivity contribution >= 4 is 0 Å². The van der Waals surface area contributed by atoms with Crippen molar-refractivity contribution in [3.05, 3.63) is 0 Å². The Hall–Kier alpha value is -0.120. The number of piperazine rings is 1. The average Bonchev–Trinajstić information content (AvgIpc) is 2.63. The summed E-state index contributed by atoms with van der Waals surface area (Å²) >= 11 is 0. The number of hydrogen-bond acceptors (Lipinski definition) is 3. The Morgan fingerprint density at radius 3 is 2.28 bits per heavy atom. The molecule has 2 aliphatic heterocycles. The van der Waals surface area contributed by atoms with Crippen LogP contribution in [0.1, 0.15) is 33.1 Å². The first-order chi connectivity index (χ1) is 8.75. The molecule has 0 aromatic heterocycles. The molecule has 0 saturated carbocycles. The molecular weight excluding hydrogens is 222 g/mol. The van der Waals surface area contributed by atoms with E-state index in [1.54, 1.807) is 0 Å². The van der Waals surface area contributed by atoms with Gasteiger partial charge in [0.1, 0.15) is 0 Å². The first-order valence-electron chi connectivity index (χ1n) is 7.91. The number of nitrogens with zero attached hydrogens (tertiary/aromatic N) is 2. The van der Waals surface area contributed by atoms with Crippen LogP contribution in [0.5, 0.6) is 0 Å². The fourth-order valence-corrected chi connectivity index (χ4v) is 3.29. The highest BCUT2D eigenvalue weighted by Gasteiger charge is 2.19. The van der Waals surface area contributed by atoms with E-state index in [0.717, 1.165) is 11.8 Å². The zero-order valence-electron chi connectivity index (χ0n) is 12.3. The predicted molar refractivity (Wildman–Crippen MR) is 77.9 cm³/mol. The SMILES string of the molecule is CC(C)C1CCCN(CCN2CCNCC2)CC1. The Morgan fingerprint density at radius 2 is 1.61 bits per heavy atom. The van der Waals surface area contributed by atoms with E-state index in [0.29, 0.717) is 0 Å². The average molecular weight is 253 g/mol. The van der Waals surface area contributed by atoms with Crippen molar-refractivity contribution in [3.8, 4) is 0 Å². The van der Waals surface area contributed by atoms with Crippen molar-refractivity contribution in [1.82, 2.24) is 15.1 Å². The molecule has 3 nitrogen and oxygen atoms in total. The maximum Gasteiger partial charge on any atom is 0.0110 e. The number of nitrogens with one attached hydrogen (secondary N) is 1. The van der Waals surface area contributed by atoms with Crippen molar-refractivity contribution in [1.29, 1.82) is 0 Å². The second-order valence-electron chi connectivity index (χ2n) is 6.37. The quantitative estimate of drug-likeness (QED) is 0.822. The minimum atomic E-state index is 0.873. The van der Waals surface area contributed by atoms with Crippen LogP contribution in [-0.4, -0.2) is 62.2 Å². The molecule has 0 aliphatic carbocycles. The summed E-state index contributed by atoms with van der Waals surface area (Å²) in [4.78, 5) is 5.31. The zero-order valence-corrected chi connectivity index (χ0v) is 12.3. The van der Waals surface area contributed by atoms with E-state index < -0.39 is 0 Å². The van der Waals surface area contributed by atoms with Crippen LogP contribution in [0.2, 0.25) is 0 Å². The van der Waals surface area contributed by atoms with Gasteiger partial charge in [-0.25, -0.2) is 0 Å². The van der Waals surface area contributed by atoms with Gasteiger partial charge in [0.15, 0.2) is 0 Å². The van der Waals surface area contributed by atoms with Gasteiger partial charge in [-0.3, -0.25) is 4.90 Å². The summed E-state index contributed by atoms with van der Waals surface area (Å²) in [7, 11) is 0. The Labute approximate surface area is 113 Å². The fourth-order valence-electron chi connectivity index (χ4n) is 3.29. The monoisotopic (exact) mass is 253 g/mol. The molecule has 2 fully saturated rings. The molecule has 0 bridgehead atoms. The van der Waals surface area contributed by atoms with Crippen molar-refractivity contribution in [2.24, 2.45) is 11.8 Å². The Kier molecular flexibility index (Phi) is 5.93. The second-order valence-corrected chi connectivity index (χ2v) is 6.37. The topological polar surface area (TPSA) is 18.5 Å². The molecule has 1 unspecified atom stereocenters. The first kappa shape index (κ1) is 14.3. The smallest absolute Gasteiger partial charge is 0.0110 e. The molecule has 0 radical (unpaired) electrons. The Balaban J connectivity index is 1.66. The highest BCUT2D eigenvalue weighted by atomic mass is 15.2. The fraction of sp³-hybridized carbons (Fsp3) is 1.00. The van der Waals surface area contributed by atoms with Gasteiger partial charge in [0.2, 0.25) is 0 Å². The third kappa shape index (κ3) is 4.52. The van der Waals surface area contributed by atoms with Gasteiger partial charge in [-0.15, -0.1) is 0 Å². The molecule has 2 saturated heterocycles. The normalized spacial score (nSPS) is 28.5. The van der Waals surface area contributed by atoms with E-state index in [1.165, 1.54) is 71.6 Å². The Morgan fingerprint density at radius 1 is 0.944 bits per heavy atom. The molecule has 1 atom stereocenters. The number of rotatable bonds is 4. The Bertz CT molecular complexity index is 224. The lowest BCUT2D eigenvalue weighted by molar-refractivity contribution is 0.189. The summed E-state index contributed by atoms with van der Waals surface area (Å²) in [6.07, 6.45) is 4.27. The van der Waals surface area contributed by atoms with E-state index in [1.807, 2.05) is 0 Å². The van der Waals surface area contributed by atoms with Gasteiger partial charge in [-0.2, -0.15) is 0 Å². The predicted octanol–water partition coefficient (Wildman–Crippen LogP) is 1.65.